The van der Waals surface area contributed by atoms with E-state index in [9.17, 15) is 0 Å². The van der Waals surface area contributed by atoms with E-state index in [-0.39, 0.29) is 0 Å². The Morgan fingerprint density at radius 2 is 2.05 bits per heavy atom. The molecule has 0 aliphatic heterocycles. The highest BCUT2D eigenvalue weighted by Crippen LogP contribution is 2.07. The first kappa shape index (κ1) is 14.7. The monoisotopic (exact) mass is 273 g/mol. The molecule has 0 amide bonds. The van der Waals surface area contributed by atoms with Crippen molar-refractivity contribution in [2.45, 2.75) is 39.3 Å². The van der Waals surface area contributed by atoms with E-state index < -0.39 is 0 Å². The largest absolute Gasteiger partial charge is 0.316 e. The smallest absolute Gasteiger partial charge is 0.138 e. The first-order valence-corrected chi connectivity index (χ1v) is 7.13. The van der Waals surface area contributed by atoms with Crippen LogP contribution in [0.25, 0.3) is 0 Å². The van der Waals surface area contributed by atoms with Gasteiger partial charge in [0.25, 0.3) is 0 Å². The van der Waals surface area contributed by atoms with E-state index in [1.807, 2.05) is 30.1 Å². The van der Waals surface area contributed by atoms with Crippen LogP contribution in [0.4, 0.5) is 0 Å². The van der Waals surface area contributed by atoms with Crippen LogP contribution in [0.1, 0.15) is 25.4 Å². The number of rotatable bonds is 7. The zero-order valence-corrected chi connectivity index (χ0v) is 12.5. The number of likely N-dealkylation sites (N-methyl/N-ethyl adjacent to an activating group) is 1. The maximum absolute atomic E-state index is 4.39. The summed E-state index contributed by atoms with van der Waals surface area (Å²) in [5, 5.41) is 7.66. The molecule has 2 heterocycles. The fourth-order valence-corrected chi connectivity index (χ4v) is 2.21. The van der Waals surface area contributed by atoms with E-state index in [4.69, 9.17) is 0 Å². The van der Waals surface area contributed by atoms with Crippen LogP contribution in [0, 0.1) is 5.92 Å². The van der Waals surface area contributed by atoms with Gasteiger partial charge in [-0.05, 0) is 25.1 Å². The van der Waals surface area contributed by atoms with Gasteiger partial charge in [0.1, 0.15) is 12.2 Å². The molecule has 0 aliphatic rings. The molecule has 2 rings (SSSR count). The van der Waals surface area contributed by atoms with Crippen LogP contribution >= 0.6 is 0 Å². The molecule has 0 spiro atoms. The molecule has 20 heavy (non-hydrogen) atoms. The summed E-state index contributed by atoms with van der Waals surface area (Å²) >= 11 is 0. The molecule has 0 saturated carbocycles. The van der Waals surface area contributed by atoms with E-state index in [2.05, 4.69) is 40.3 Å². The molecule has 2 aromatic heterocycles. The van der Waals surface area contributed by atoms with Gasteiger partial charge in [-0.3, -0.25) is 4.98 Å². The van der Waals surface area contributed by atoms with Crippen LogP contribution in [-0.2, 0) is 19.4 Å². The second-order valence-corrected chi connectivity index (χ2v) is 5.47. The van der Waals surface area contributed by atoms with Crippen LogP contribution in [0.15, 0.2) is 30.7 Å². The maximum Gasteiger partial charge on any atom is 0.138 e. The van der Waals surface area contributed by atoms with Gasteiger partial charge in [-0.1, -0.05) is 19.9 Å². The molecule has 0 radical (unpaired) electrons. The Bertz CT molecular complexity index is 506. The lowest BCUT2D eigenvalue weighted by molar-refractivity contribution is 0.446. The molecular formula is C15H23N5. The zero-order valence-electron chi connectivity index (χ0n) is 12.5. The van der Waals surface area contributed by atoms with Crippen LogP contribution in [0.2, 0.25) is 0 Å². The van der Waals surface area contributed by atoms with E-state index in [0.717, 1.165) is 30.9 Å². The summed E-state index contributed by atoms with van der Waals surface area (Å²) in [4.78, 5) is 8.77. The molecule has 1 unspecified atom stereocenters. The number of nitrogens with zero attached hydrogens (tertiary/aromatic N) is 4. The average molecular weight is 273 g/mol. The van der Waals surface area contributed by atoms with Crippen molar-refractivity contribution >= 4 is 0 Å². The molecule has 0 aliphatic carbocycles. The van der Waals surface area contributed by atoms with E-state index >= 15 is 0 Å². The van der Waals surface area contributed by atoms with E-state index in [0.29, 0.717) is 12.0 Å². The number of nitrogens with one attached hydrogen (secondary N) is 1. The molecule has 1 N–H and O–H groups in total. The summed E-state index contributed by atoms with van der Waals surface area (Å²) in [6.07, 6.45) is 5.24. The lowest BCUT2D eigenvalue weighted by Crippen LogP contribution is -2.31. The van der Waals surface area contributed by atoms with Crippen LogP contribution in [0.5, 0.6) is 0 Å². The summed E-state index contributed by atoms with van der Waals surface area (Å²) in [6, 6.07) is 6.34. The minimum absolute atomic E-state index is 0.319. The average Bonchev–Trinajstić information content (AvgIpc) is 2.85. The molecule has 0 aromatic carbocycles. The van der Waals surface area contributed by atoms with Gasteiger partial charge in [0.15, 0.2) is 0 Å². The molecule has 0 saturated heterocycles. The zero-order chi connectivity index (χ0) is 14.4. The Labute approximate surface area is 120 Å². The second-order valence-electron chi connectivity index (χ2n) is 5.47. The summed E-state index contributed by atoms with van der Waals surface area (Å²) in [6.45, 7) is 5.29. The maximum atomic E-state index is 4.39. The molecular weight excluding hydrogens is 250 g/mol. The van der Waals surface area contributed by atoms with Crippen molar-refractivity contribution in [3.05, 3.63) is 42.2 Å². The lowest BCUT2D eigenvalue weighted by Gasteiger charge is -2.16. The molecule has 0 fully saturated rings. The van der Waals surface area contributed by atoms with Gasteiger partial charge in [-0.2, -0.15) is 5.10 Å². The summed E-state index contributed by atoms with van der Waals surface area (Å²) in [5.74, 6) is 1.60. The topological polar surface area (TPSA) is 55.6 Å². The van der Waals surface area contributed by atoms with Gasteiger partial charge < -0.3 is 5.32 Å². The minimum Gasteiger partial charge on any atom is -0.316 e. The number of hydrogen-bond acceptors (Lipinski definition) is 4. The van der Waals surface area contributed by atoms with E-state index in [1.54, 1.807) is 6.33 Å². The first-order chi connectivity index (χ1) is 9.69. The van der Waals surface area contributed by atoms with Crippen molar-refractivity contribution in [1.29, 1.82) is 0 Å². The van der Waals surface area contributed by atoms with Gasteiger partial charge in [-0.15, -0.1) is 0 Å². The van der Waals surface area contributed by atoms with Gasteiger partial charge in [0.2, 0.25) is 0 Å². The van der Waals surface area contributed by atoms with Crippen molar-refractivity contribution in [2.24, 2.45) is 5.92 Å². The third-order valence-electron chi connectivity index (χ3n) is 3.25. The van der Waals surface area contributed by atoms with Crippen LogP contribution < -0.4 is 5.32 Å². The normalized spacial score (nSPS) is 12.8. The summed E-state index contributed by atoms with van der Waals surface area (Å²) < 4.78 is 2.01. The Hall–Kier alpha value is -1.75. The van der Waals surface area contributed by atoms with Gasteiger partial charge >= 0.3 is 0 Å². The van der Waals surface area contributed by atoms with E-state index in [1.165, 1.54) is 0 Å². The Morgan fingerprint density at radius 1 is 1.20 bits per heavy atom. The number of hydrogen-bond donors (Lipinski definition) is 1. The highest BCUT2D eigenvalue weighted by molar-refractivity contribution is 5.06. The Balaban J connectivity index is 2.01. The third-order valence-corrected chi connectivity index (χ3v) is 3.25. The highest BCUT2D eigenvalue weighted by Gasteiger charge is 2.14. The van der Waals surface area contributed by atoms with Crippen molar-refractivity contribution in [2.75, 3.05) is 7.05 Å². The summed E-state index contributed by atoms with van der Waals surface area (Å²) in [5.41, 5.74) is 1.10. The fourth-order valence-electron chi connectivity index (χ4n) is 2.21. The van der Waals surface area contributed by atoms with Crippen molar-refractivity contribution in [3.63, 3.8) is 0 Å². The lowest BCUT2D eigenvalue weighted by atomic mass is 10.1. The molecule has 2 aromatic rings. The van der Waals surface area contributed by atoms with Gasteiger partial charge in [-0.25, -0.2) is 9.67 Å². The second kappa shape index (κ2) is 7.14. The molecule has 5 nitrogen and oxygen atoms in total. The quantitative estimate of drug-likeness (QED) is 0.834. The highest BCUT2D eigenvalue weighted by atomic mass is 15.3. The standard InChI is InChI=1S/C15H23N5/c1-12(2)10-20-15(18-11-19-20)9-14(16-3)8-13-6-4-5-7-17-13/h4-7,11-12,14,16H,8-10H2,1-3H3. The van der Waals surface area contributed by atoms with Gasteiger partial charge in [0, 0.05) is 37.3 Å². The van der Waals surface area contributed by atoms with Crippen molar-refractivity contribution in [3.8, 4) is 0 Å². The Kier molecular flexibility index (Phi) is 5.24. The predicted octanol–water partition coefficient (Wildman–Crippen LogP) is 1.70. The molecule has 0 bridgehead atoms. The van der Waals surface area contributed by atoms with Crippen molar-refractivity contribution < 1.29 is 0 Å². The fraction of sp³-hybridized carbons (Fsp3) is 0.533. The molecule has 5 heteroatoms. The third kappa shape index (κ3) is 4.13. The minimum atomic E-state index is 0.319. The first-order valence-electron chi connectivity index (χ1n) is 7.13. The van der Waals surface area contributed by atoms with Crippen LogP contribution in [0.3, 0.4) is 0 Å². The van der Waals surface area contributed by atoms with Crippen LogP contribution in [-0.4, -0.2) is 32.8 Å². The SMILES string of the molecule is CNC(Cc1ccccn1)Cc1ncnn1CC(C)C. The van der Waals surface area contributed by atoms with Crippen molar-refractivity contribution in [1.82, 2.24) is 25.1 Å². The Morgan fingerprint density at radius 3 is 2.70 bits per heavy atom. The van der Waals surface area contributed by atoms with Gasteiger partial charge in [0.05, 0.1) is 0 Å². The number of pyridine rings is 1. The molecule has 108 valence electrons. The molecule has 1 atom stereocenters. The summed E-state index contributed by atoms with van der Waals surface area (Å²) in [7, 11) is 1.98. The number of aromatic nitrogens is 4. The predicted molar refractivity (Wildman–Crippen MR) is 79.4 cm³/mol.